The molecule has 0 heterocycles. The fourth-order valence-corrected chi connectivity index (χ4v) is 6.60. The van der Waals surface area contributed by atoms with Crippen LogP contribution in [0.3, 0.4) is 0 Å². The van der Waals surface area contributed by atoms with Crippen LogP contribution in [-0.4, -0.2) is 74.9 Å². The van der Waals surface area contributed by atoms with Gasteiger partial charge in [-0.05, 0) is 70.6 Å². The highest BCUT2D eigenvalue weighted by Gasteiger charge is 2.27. The van der Waals surface area contributed by atoms with Crippen LogP contribution in [0.5, 0.6) is 0 Å². The van der Waals surface area contributed by atoms with Crippen LogP contribution in [0.2, 0.25) is 0 Å². The summed E-state index contributed by atoms with van der Waals surface area (Å²) >= 11 is 0. The van der Waals surface area contributed by atoms with Crippen LogP contribution in [-0.2, 0) is 32.7 Å². The number of carbonyl (C=O) groups is 2. The van der Waals surface area contributed by atoms with Crippen molar-refractivity contribution in [1.29, 1.82) is 0 Å². The van der Waals surface area contributed by atoms with Crippen molar-refractivity contribution in [2.45, 2.75) is 193 Å². The van der Waals surface area contributed by atoms with E-state index in [-0.39, 0.29) is 32.0 Å². The molecule has 0 rings (SSSR count). The quantitative estimate of drug-likeness (QED) is 0.0215. The van der Waals surface area contributed by atoms with Gasteiger partial charge in [-0.15, -0.1) is 0 Å². The van der Waals surface area contributed by atoms with Gasteiger partial charge in [-0.3, -0.25) is 18.6 Å². The van der Waals surface area contributed by atoms with Crippen molar-refractivity contribution in [3.05, 3.63) is 36.5 Å². The number of phosphoric ester groups is 1. The van der Waals surface area contributed by atoms with Gasteiger partial charge in [-0.25, -0.2) is 4.57 Å². The minimum atomic E-state index is -4.38. The molecule has 10 heteroatoms. The molecule has 0 saturated heterocycles. The van der Waals surface area contributed by atoms with E-state index >= 15 is 0 Å². The van der Waals surface area contributed by atoms with E-state index in [0.29, 0.717) is 17.4 Å². The Morgan fingerprint density at radius 2 is 0.982 bits per heavy atom. The molecule has 0 saturated carbocycles. The maximum Gasteiger partial charge on any atom is 0.472 e. The fraction of sp³-hybridized carbons (Fsp3) is 0.822. The Hall–Kier alpha value is -1.77. The lowest BCUT2D eigenvalue weighted by atomic mass is 10.1. The first-order chi connectivity index (χ1) is 26.5. The highest BCUT2D eigenvalue weighted by molar-refractivity contribution is 7.47. The van der Waals surface area contributed by atoms with Crippen LogP contribution in [0.15, 0.2) is 36.5 Å². The van der Waals surface area contributed by atoms with Gasteiger partial charge in [-0.2, -0.15) is 0 Å². The molecule has 0 aliphatic carbocycles. The molecule has 0 amide bonds. The van der Waals surface area contributed by atoms with E-state index in [0.717, 1.165) is 70.6 Å². The molecule has 1 N–H and O–H groups in total. The fourth-order valence-electron chi connectivity index (χ4n) is 5.86. The summed E-state index contributed by atoms with van der Waals surface area (Å²) in [5.74, 6) is -0.816. The number of esters is 2. The SMILES string of the molecule is CCCCC/C=C/C/C=C/CCCCCCCCCC(=O)O[C@H](COC(=O)CCCCCCC/C=C/CCCCCCC)COP(=O)(O)OCC[N+](C)(C)C. The van der Waals surface area contributed by atoms with Gasteiger partial charge >= 0.3 is 19.8 Å². The normalized spacial score (nSPS) is 13.9. The van der Waals surface area contributed by atoms with Crippen LogP contribution >= 0.6 is 7.82 Å². The Labute approximate surface area is 338 Å². The third kappa shape index (κ3) is 41.7. The van der Waals surface area contributed by atoms with Crippen LogP contribution in [0.25, 0.3) is 0 Å². The summed E-state index contributed by atoms with van der Waals surface area (Å²) in [7, 11) is 1.47. The molecule has 1 unspecified atom stereocenters. The summed E-state index contributed by atoms with van der Waals surface area (Å²) in [4.78, 5) is 35.4. The van der Waals surface area contributed by atoms with Crippen molar-refractivity contribution in [3.8, 4) is 0 Å². The highest BCUT2D eigenvalue weighted by atomic mass is 31.2. The van der Waals surface area contributed by atoms with E-state index < -0.39 is 26.5 Å². The lowest BCUT2D eigenvalue weighted by Crippen LogP contribution is -2.37. The van der Waals surface area contributed by atoms with E-state index in [9.17, 15) is 19.0 Å². The zero-order valence-corrected chi connectivity index (χ0v) is 37.1. The van der Waals surface area contributed by atoms with Gasteiger partial charge in [-0.1, -0.05) is 140 Å². The number of ether oxygens (including phenoxy) is 2. The van der Waals surface area contributed by atoms with E-state index in [1.54, 1.807) is 0 Å². The predicted molar refractivity (Wildman–Crippen MR) is 229 cm³/mol. The molecular formula is C45H85NO8P+. The maximum atomic E-state index is 12.7. The first-order valence-corrected chi connectivity index (χ1v) is 23.7. The number of unbranched alkanes of at least 4 members (excludes halogenated alkanes) is 20. The maximum absolute atomic E-state index is 12.7. The summed E-state index contributed by atoms with van der Waals surface area (Å²) in [6.45, 7) is 4.37. The minimum absolute atomic E-state index is 0.0286. The molecular weight excluding hydrogens is 713 g/mol. The summed E-state index contributed by atoms with van der Waals surface area (Å²) in [5, 5.41) is 0. The summed E-state index contributed by atoms with van der Waals surface area (Å²) in [5.41, 5.74) is 0. The number of hydrogen-bond donors (Lipinski definition) is 1. The van der Waals surface area contributed by atoms with Crippen LogP contribution < -0.4 is 0 Å². The summed E-state index contributed by atoms with van der Waals surface area (Å²) in [6, 6.07) is 0. The van der Waals surface area contributed by atoms with Gasteiger partial charge in [0.25, 0.3) is 0 Å². The zero-order chi connectivity index (χ0) is 40.7. The van der Waals surface area contributed by atoms with Crippen molar-refractivity contribution >= 4 is 19.8 Å². The number of allylic oxidation sites excluding steroid dienone is 6. The van der Waals surface area contributed by atoms with E-state index in [2.05, 4.69) is 50.3 Å². The van der Waals surface area contributed by atoms with Gasteiger partial charge in [0.2, 0.25) is 0 Å². The van der Waals surface area contributed by atoms with Gasteiger partial charge < -0.3 is 18.9 Å². The average molecular weight is 799 g/mol. The van der Waals surface area contributed by atoms with Crippen molar-refractivity contribution in [2.24, 2.45) is 0 Å². The Balaban J connectivity index is 4.38. The highest BCUT2D eigenvalue weighted by Crippen LogP contribution is 2.43. The number of carbonyl (C=O) groups excluding carboxylic acids is 2. The molecule has 0 aromatic rings. The Kier molecular flexibility index (Phi) is 36.6. The molecule has 0 fully saturated rings. The molecule has 2 atom stereocenters. The molecule has 0 radical (unpaired) electrons. The number of phosphoric acid groups is 1. The molecule has 0 aliphatic heterocycles. The number of hydrogen-bond acceptors (Lipinski definition) is 7. The van der Waals surface area contributed by atoms with Crippen LogP contribution in [0.4, 0.5) is 0 Å². The summed E-state index contributed by atoms with van der Waals surface area (Å²) in [6.07, 6.45) is 41.8. The second-order valence-corrected chi connectivity index (χ2v) is 17.5. The summed E-state index contributed by atoms with van der Waals surface area (Å²) < 4.78 is 34.3. The Morgan fingerprint density at radius 1 is 0.564 bits per heavy atom. The van der Waals surface area contributed by atoms with Gasteiger partial charge in [0.1, 0.15) is 19.8 Å². The minimum Gasteiger partial charge on any atom is -0.462 e. The van der Waals surface area contributed by atoms with Gasteiger partial charge in [0, 0.05) is 12.8 Å². The number of likely N-dealkylation sites (N-methyl/N-ethyl adjacent to an activating group) is 1. The third-order valence-electron chi connectivity index (χ3n) is 9.39. The van der Waals surface area contributed by atoms with Crippen LogP contribution in [0.1, 0.15) is 187 Å². The lowest BCUT2D eigenvalue weighted by molar-refractivity contribution is -0.870. The monoisotopic (exact) mass is 799 g/mol. The van der Waals surface area contributed by atoms with Crippen LogP contribution in [0, 0.1) is 0 Å². The second-order valence-electron chi connectivity index (χ2n) is 16.1. The molecule has 9 nitrogen and oxygen atoms in total. The standard InChI is InChI=1S/C45H84NO8P/c1-6-8-10-12-14-16-18-20-22-23-24-26-28-30-32-34-36-38-45(48)54-43(42-53-55(49,50)52-40-39-46(3,4)5)41-51-44(47)37-35-33-31-29-27-25-21-19-17-15-13-11-9-7-2/h14,16,19-22,43H,6-13,15,17-18,23-42H2,1-5H3/p+1/b16-14+,21-19+,22-20+/t43-/m1/s1. The molecule has 0 aromatic carbocycles. The van der Waals surface area contributed by atoms with Crippen molar-refractivity contribution in [1.82, 2.24) is 0 Å². The first-order valence-electron chi connectivity index (χ1n) is 22.2. The Bertz CT molecular complexity index is 1040. The molecule has 322 valence electrons. The van der Waals surface area contributed by atoms with Crippen molar-refractivity contribution < 1.29 is 42.1 Å². The van der Waals surface area contributed by atoms with Gasteiger partial charge in [0.05, 0.1) is 27.7 Å². The number of rotatable bonds is 40. The second kappa shape index (κ2) is 37.8. The largest absolute Gasteiger partial charge is 0.472 e. The molecule has 0 aliphatic rings. The third-order valence-corrected chi connectivity index (χ3v) is 10.4. The topological polar surface area (TPSA) is 108 Å². The Morgan fingerprint density at radius 3 is 1.49 bits per heavy atom. The van der Waals surface area contributed by atoms with E-state index in [1.807, 2.05) is 21.1 Å². The molecule has 0 bridgehead atoms. The molecule has 55 heavy (non-hydrogen) atoms. The number of quaternary nitrogens is 1. The molecule has 0 spiro atoms. The predicted octanol–water partition coefficient (Wildman–Crippen LogP) is 12.5. The molecule has 0 aromatic heterocycles. The van der Waals surface area contributed by atoms with Crippen molar-refractivity contribution in [3.63, 3.8) is 0 Å². The van der Waals surface area contributed by atoms with E-state index in [1.165, 1.54) is 83.5 Å². The van der Waals surface area contributed by atoms with Gasteiger partial charge in [0.15, 0.2) is 6.10 Å². The van der Waals surface area contributed by atoms with E-state index in [4.69, 9.17) is 18.5 Å². The zero-order valence-electron chi connectivity index (χ0n) is 36.2. The first kappa shape index (κ1) is 53.2. The van der Waals surface area contributed by atoms with Crippen molar-refractivity contribution in [2.75, 3.05) is 47.5 Å². The average Bonchev–Trinajstić information content (AvgIpc) is 3.13. The number of nitrogens with zero attached hydrogens (tertiary/aromatic N) is 1. The smallest absolute Gasteiger partial charge is 0.462 e. The lowest BCUT2D eigenvalue weighted by Gasteiger charge is -2.24.